The Labute approximate surface area is 106 Å². The number of hydrogen-bond acceptors (Lipinski definition) is 4. The monoisotopic (exact) mass is 251 g/mol. The molecule has 0 heterocycles. The predicted molar refractivity (Wildman–Crippen MR) is 68.1 cm³/mol. The summed E-state index contributed by atoms with van der Waals surface area (Å²) >= 11 is 0. The number of nitrogens with zero attached hydrogens (tertiary/aromatic N) is 1. The number of rotatable bonds is 7. The number of nitro groups is 1. The third-order valence-electron chi connectivity index (χ3n) is 2.42. The molecule has 0 amide bonds. The van der Waals surface area contributed by atoms with Crippen molar-refractivity contribution in [2.45, 2.75) is 33.1 Å². The van der Waals surface area contributed by atoms with Crippen molar-refractivity contribution in [3.63, 3.8) is 0 Å². The van der Waals surface area contributed by atoms with Crippen LogP contribution in [0.1, 0.15) is 43.5 Å². The first-order valence-electron chi connectivity index (χ1n) is 6.04. The first-order valence-corrected chi connectivity index (χ1v) is 6.04. The number of Topliss-reactive ketones (excluding diaryl/α,β-unsaturated/α-hetero) is 1. The highest BCUT2D eigenvalue weighted by Crippen LogP contribution is 2.28. The van der Waals surface area contributed by atoms with E-state index >= 15 is 0 Å². The largest absolute Gasteiger partial charge is 0.487 e. The number of carbonyl (C=O) groups is 1. The summed E-state index contributed by atoms with van der Waals surface area (Å²) in [5, 5.41) is 10.9. The molecule has 5 nitrogen and oxygen atoms in total. The molecule has 0 aliphatic heterocycles. The van der Waals surface area contributed by atoms with Crippen molar-refractivity contribution in [3.8, 4) is 5.75 Å². The Morgan fingerprint density at radius 2 is 2.06 bits per heavy atom. The van der Waals surface area contributed by atoms with Crippen molar-refractivity contribution in [2.75, 3.05) is 6.61 Å². The molecule has 5 heteroatoms. The van der Waals surface area contributed by atoms with Crippen LogP contribution in [0.3, 0.4) is 0 Å². The minimum atomic E-state index is -0.520. The summed E-state index contributed by atoms with van der Waals surface area (Å²) in [7, 11) is 0. The topological polar surface area (TPSA) is 69.4 Å². The minimum absolute atomic E-state index is 0.0809. The van der Waals surface area contributed by atoms with E-state index in [1.165, 1.54) is 12.1 Å². The molecule has 0 aliphatic rings. The lowest BCUT2D eigenvalue weighted by molar-refractivity contribution is -0.385. The smallest absolute Gasteiger partial charge is 0.311 e. The molecule has 0 N–H and O–H groups in total. The van der Waals surface area contributed by atoms with Crippen LogP contribution in [-0.2, 0) is 0 Å². The molecular weight excluding hydrogens is 234 g/mol. The van der Waals surface area contributed by atoms with E-state index < -0.39 is 4.92 Å². The highest BCUT2D eigenvalue weighted by molar-refractivity contribution is 5.96. The van der Waals surface area contributed by atoms with Gasteiger partial charge in [-0.05, 0) is 25.0 Å². The van der Waals surface area contributed by atoms with Gasteiger partial charge in [0.05, 0.1) is 11.5 Å². The number of carbonyl (C=O) groups excluding carboxylic acids is 1. The van der Waals surface area contributed by atoms with Crippen LogP contribution in [-0.4, -0.2) is 17.3 Å². The molecule has 0 radical (unpaired) electrons. The van der Waals surface area contributed by atoms with Crippen molar-refractivity contribution in [2.24, 2.45) is 0 Å². The molecule has 0 aromatic heterocycles. The van der Waals surface area contributed by atoms with Crippen LogP contribution in [0.25, 0.3) is 0 Å². The van der Waals surface area contributed by atoms with Crippen molar-refractivity contribution in [1.82, 2.24) is 0 Å². The number of hydrogen-bond donors (Lipinski definition) is 0. The van der Waals surface area contributed by atoms with Gasteiger partial charge < -0.3 is 4.74 Å². The summed E-state index contributed by atoms with van der Waals surface area (Å²) in [4.78, 5) is 22.1. The molecule has 0 unspecified atom stereocenters. The number of ketones is 1. The second-order valence-corrected chi connectivity index (χ2v) is 3.96. The number of nitro benzene ring substituents is 1. The molecule has 1 rings (SSSR count). The van der Waals surface area contributed by atoms with Crippen molar-refractivity contribution in [1.29, 1.82) is 0 Å². The molecule has 18 heavy (non-hydrogen) atoms. The van der Waals surface area contributed by atoms with Gasteiger partial charge >= 0.3 is 5.69 Å². The lowest BCUT2D eigenvalue weighted by Gasteiger charge is -2.06. The van der Waals surface area contributed by atoms with Gasteiger partial charge in [-0.25, -0.2) is 0 Å². The van der Waals surface area contributed by atoms with Gasteiger partial charge in [0, 0.05) is 18.1 Å². The Morgan fingerprint density at radius 1 is 1.33 bits per heavy atom. The third kappa shape index (κ3) is 3.55. The quantitative estimate of drug-likeness (QED) is 0.423. The molecular formula is C13H17NO4. The Kier molecular flexibility index (Phi) is 5.30. The molecule has 0 bridgehead atoms. The molecule has 0 aliphatic carbocycles. The number of benzene rings is 1. The van der Waals surface area contributed by atoms with Gasteiger partial charge in [-0.2, -0.15) is 0 Å². The average Bonchev–Trinajstić information content (AvgIpc) is 2.36. The standard InChI is InChI=1S/C13H17NO4/c1-3-5-12(15)10-6-7-13(18-8-4-2)11(9-10)14(16)17/h6-7,9H,3-5,8H2,1-2H3. The maximum absolute atomic E-state index is 11.7. The molecule has 0 spiro atoms. The summed E-state index contributed by atoms with van der Waals surface area (Å²) in [6, 6.07) is 4.37. The van der Waals surface area contributed by atoms with Crippen LogP contribution < -0.4 is 4.74 Å². The van der Waals surface area contributed by atoms with Crippen LogP contribution >= 0.6 is 0 Å². The van der Waals surface area contributed by atoms with Crippen LogP contribution in [0.4, 0.5) is 5.69 Å². The van der Waals surface area contributed by atoms with Gasteiger partial charge in [0.2, 0.25) is 0 Å². The molecule has 98 valence electrons. The van der Waals surface area contributed by atoms with Gasteiger partial charge in [-0.1, -0.05) is 13.8 Å². The molecule has 0 saturated carbocycles. The van der Waals surface area contributed by atoms with Crippen LogP contribution in [0.5, 0.6) is 5.75 Å². The van der Waals surface area contributed by atoms with E-state index in [1.807, 2.05) is 13.8 Å². The molecule has 0 fully saturated rings. The zero-order chi connectivity index (χ0) is 13.5. The van der Waals surface area contributed by atoms with E-state index in [-0.39, 0.29) is 17.2 Å². The van der Waals surface area contributed by atoms with E-state index in [9.17, 15) is 14.9 Å². The Morgan fingerprint density at radius 3 is 2.61 bits per heavy atom. The maximum atomic E-state index is 11.7. The fraction of sp³-hybridized carbons (Fsp3) is 0.462. The number of ether oxygens (including phenoxy) is 1. The molecule has 1 aromatic carbocycles. The first-order chi connectivity index (χ1) is 8.60. The second kappa shape index (κ2) is 6.74. The zero-order valence-corrected chi connectivity index (χ0v) is 10.6. The second-order valence-electron chi connectivity index (χ2n) is 3.96. The highest BCUT2D eigenvalue weighted by Gasteiger charge is 2.18. The fourth-order valence-corrected chi connectivity index (χ4v) is 1.54. The van der Waals surface area contributed by atoms with Crippen molar-refractivity contribution in [3.05, 3.63) is 33.9 Å². The van der Waals surface area contributed by atoms with Gasteiger partial charge in [0.1, 0.15) is 0 Å². The van der Waals surface area contributed by atoms with Crippen LogP contribution in [0.2, 0.25) is 0 Å². The summed E-state index contributed by atoms with van der Waals surface area (Å²) in [6.07, 6.45) is 1.89. The van der Waals surface area contributed by atoms with E-state index in [0.717, 1.165) is 12.8 Å². The third-order valence-corrected chi connectivity index (χ3v) is 2.42. The zero-order valence-electron chi connectivity index (χ0n) is 10.6. The SMILES string of the molecule is CCCOc1ccc(C(=O)CCC)cc1[N+](=O)[O-]. The van der Waals surface area contributed by atoms with Crippen molar-refractivity contribution >= 4 is 11.5 Å². The van der Waals surface area contributed by atoms with Crippen molar-refractivity contribution < 1.29 is 14.5 Å². The lowest BCUT2D eigenvalue weighted by Crippen LogP contribution is -2.03. The van der Waals surface area contributed by atoms with Crippen LogP contribution in [0, 0.1) is 10.1 Å². The van der Waals surface area contributed by atoms with Gasteiger partial charge in [-0.3, -0.25) is 14.9 Å². The Balaban J connectivity index is 3.03. The van der Waals surface area contributed by atoms with Gasteiger partial charge in [0.25, 0.3) is 0 Å². The average molecular weight is 251 g/mol. The maximum Gasteiger partial charge on any atom is 0.311 e. The molecule has 1 aromatic rings. The highest BCUT2D eigenvalue weighted by atomic mass is 16.6. The lowest BCUT2D eigenvalue weighted by atomic mass is 10.1. The fourth-order valence-electron chi connectivity index (χ4n) is 1.54. The van der Waals surface area contributed by atoms with Gasteiger partial charge in [-0.15, -0.1) is 0 Å². The Bertz CT molecular complexity index is 443. The summed E-state index contributed by atoms with van der Waals surface area (Å²) < 4.78 is 5.29. The summed E-state index contributed by atoms with van der Waals surface area (Å²) in [5.41, 5.74) is 0.220. The predicted octanol–water partition coefficient (Wildman–Crippen LogP) is 3.37. The van der Waals surface area contributed by atoms with E-state index in [4.69, 9.17) is 4.74 Å². The molecule has 0 atom stereocenters. The van der Waals surface area contributed by atoms with Gasteiger partial charge in [0.15, 0.2) is 11.5 Å². The van der Waals surface area contributed by atoms with Crippen LogP contribution in [0.15, 0.2) is 18.2 Å². The Hall–Kier alpha value is -1.91. The molecule has 0 saturated heterocycles. The van der Waals surface area contributed by atoms with E-state index in [0.29, 0.717) is 18.6 Å². The minimum Gasteiger partial charge on any atom is -0.487 e. The van der Waals surface area contributed by atoms with E-state index in [1.54, 1.807) is 6.07 Å². The normalized spacial score (nSPS) is 10.1. The summed E-state index contributed by atoms with van der Waals surface area (Å²) in [6.45, 7) is 4.24. The first kappa shape index (κ1) is 14.2. The van der Waals surface area contributed by atoms with E-state index in [2.05, 4.69) is 0 Å². The summed E-state index contributed by atoms with van der Waals surface area (Å²) in [5.74, 6) is 0.137.